The summed E-state index contributed by atoms with van der Waals surface area (Å²) in [4.78, 5) is 46.1. The maximum atomic E-state index is 12.5. The standard InChI is InChI=1S/C19H19N3O3S/c1-2-22(18(24)10-9-15(23)16-8-5-11-26-16)12-17-20-14-7-4-3-6-13(14)19(25)21-17/h3-8,11H,2,9-10,12H2,1H3,(H,20,21,25). The van der Waals surface area contributed by atoms with Crippen LogP contribution in [-0.4, -0.2) is 33.1 Å². The third kappa shape index (κ3) is 4.05. The van der Waals surface area contributed by atoms with Crippen LogP contribution in [0, 0.1) is 0 Å². The van der Waals surface area contributed by atoms with Crippen molar-refractivity contribution in [3.05, 3.63) is 62.8 Å². The molecule has 7 heteroatoms. The molecule has 0 aliphatic carbocycles. The molecule has 0 fully saturated rings. The molecule has 0 saturated carbocycles. The van der Waals surface area contributed by atoms with Crippen molar-refractivity contribution in [1.82, 2.24) is 14.9 Å². The number of Topliss-reactive ketones (excluding diaryl/α,β-unsaturated/α-hetero) is 1. The highest BCUT2D eigenvalue weighted by Gasteiger charge is 2.16. The zero-order valence-corrected chi connectivity index (χ0v) is 15.2. The number of fused-ring (bicyclic) bond motifs is 1. The molecule has 1 amide bonds. The molecule has 0 spiro atoms. The third-order valence-electron chi connectivity index (χ3n) is 4.10. The van der Waals surface area contributed by atoms with Gasteiger partial charge in [0.2, 0.25) is 5.91 Å². The summed E-state index contributed by atoms with van der Waals surface area (Å²) in [6.45, 7) is 2.54. The number of benzene rings is 1. The molecule has 0 atom stereocenters. The van der Waals surface area contributed by atoms with Gasteiger partial charge in [0.05, 0.1) is 22.3 Å². The van der Waals surface area contributed by atoms with E-state index in [4.69, 9.17) is 0 Å². The number of amides is 1. The number of H-pyrrole nitrogens is 1. The minimum Gasteiger partial charge on any atom is -0.335 e. The predicted molar refractivity (Wildman–Crippen MR) is 101 cm³/mol. The van der Waals surface area contributed by atoms with Gasteiger partial charge in [-0.1, -0.05) is 18.2 Å². The molecule has 1 aromatic carbocycles. The zero-order chi connectivity index (χ0) is 18.5. The van der Waals surface area contributed by atoms with E-state index in [0.717, 1.165) is 0 Å². The van der Waals surface area contributed by atoms with Gasteiger partial charge in [-0.3, -0.25) is 14.4 Å². The topological polar surface area (TPSA) is 83.1 Å². The number of aromatic amines is 1. The first-order valence-corrected chi connectivity index (χ1v) is 9.29. The predicted octanol–water partition coefficient (Wildman–Crippen LogP) is 3.00. The van der Waals surface area contributed by atoms with Gasteiger partial charge in [0, 0.05) is 19.4 Å². The van der Waals surface area contributed by atoms with E-state index in [1.165, 1.54) is 11.3 Å². The molecule has 0 aliphatic rings. The zero-order valence-electron chi connectivity index (χ0n) is 14.4. The van der Waals surface area contributed by atoms with E-state index in [1.54, 1.807) is 29.2 Å². The molecule has 2 aromatic heterocycles. The molecule has 26 heavy (non-hydrogen) atoms. The fraction of sp³-hybridized carbons (Fsp3) is 0.263. The Kier molecular flexibility index (Phi) is 5.58. The second kappa shape index (κ2) is 8.05. The minimum absolute atomic E-state index is 0.0263. The molecular weight excluding hydrogens is 350 g/mol. The number of carbonyl (C=O) groups excluding carboxylic acids is 2. The number of rotatable bonds is 7. The van der Waals surface area contributed by atoms with Crippen LogP contribution in [0.5, 0.6) is 0 Å². The van der Waals surface area contributed by atoms with Crippen LogP contribution in [0.25, 0.3) is 10.9 Å². The van der Waals surface area contributed by atoms with Gasteiger partial charge in [0.15, 0.2) is 5.78 Å². The Morgan fingerprint density at radius 1 is 1.15 bits per heavy atom. The van der Waals surface area contributed by atoms with Gasteiger partial charge >= 0.3 is 0 Å². The number of hydrogen-bond acceptors (Lipinski definition) is 5. The normalized spacial score (nSPS) is 10.8. The van der Waals surface area contributed by atoms with Crippen LogP contribution < -0.4 is 5.56 Å². The number of ketones is 1. The van der Waals surface area contributed by atoms with Gasteiger partial charge in [-0.15, -0.1) is 11.3 Å². The Balaban J connectivity index is 1.68. The monoisotopic (exact) mass is 369 g/mol. The number of aromatic nitrogens is 2. The summed E-state index contributed by atoms with van der Waals surface area (Å²) in [5.74, 6) is 0.281. The highest BCUT2D eigenvalue weighted by molar-refractivity contribution is 7.12. The molecule has 0 aliphatic heterocycles. The molecule has 6 nitrogen and oxygen atoms in total. The van der Waals surface area contributed by atoms with E-state index >= 15 is 0 Å². The van der Waals surface area contributed by atoms with Crippen molar-refractivity contribution in [3.8, 4) is 0 Å². The molecule has 0 radical (unpaired) electrons. The Bertz CT molecular complexity index is 979. The second-order valence-corrected chi connectivity index (χ2v) is 6.79. The van der Waals surface area contributed by atoms with Crippen LogP contribution >= 0.6 is 11.3 Å². The average Bonchev–Trinajstić information content (AvgIpc) is 3.19. The van der Waals surface area contributed by atoms with Crippen LogP contribution in [0.15, 0.2) is 46.6 Å². The minimum atomic E-state index is -0.220. The SMILES string of the molecule is CCN(Cc1nc2ccccc2c(=O)[nH]1)C(=O)CCC(=O)c1cccs1. The number of nitrogens with zero attached hydrogens (tertiary/aromatic N) is 2. The molecule has 3 aromatic rings. The van der Waals surface area contributed by atoms with E-state index in [1.807, 2.05) is 24.4 Å². The summed E-state index contributed by atoms with van der Waals surface area (Å²) in [5.41, 5.74) is 0.379. The lowest BCUT2D eigenvalue weighted by Gasteiger charge is -2.20. The smallest absolute Gasteiger partial charge is 0.258 e. The molecule has 134 valence electrons. The quantitative estimate of drug-likeness (QED) is 0.649. The Labute approximate surface area is 154 Å². The third-order valence-corrected chi connectivity index (χ3v) is 5.01. The van der Waals surface area contributed by atoms with Crippen molar-refractivity contribution in [2.75, 3.05) is 6.54 Å². The van der Waals surface area contributed by atoms with E-state index in [0.29, 0.717) is 28.1 Å². The second-order valence-electron chi connectivity index (χ2n) is 5.84. The number of thiophene rings is 1. The largest absolute Gasteiger partial charge is 0.335 e. The van der Waals surface area contributed by atoms with E-state index in [9.17, 15) is 14.4 Å². The summed E-state index contributed by atoms with van der Waals surface area (Å²) in [6.07, 6.45) is 0.319. The maximum Gasteiger partial charge on any atom is 0.258 e. The van der Waals surface area contributed by atoms with Crippen LogP contribution in [0.3, 0.4) is 0 Å². The average molecular weight is 369 g/mol. The first-order valence-electron chi connectivity index (χ1n) is 8.41. The molecule has 1 N–H and O–H groups in total. The van der Waals surface area contributed by atoms with Gasteiger partial charge < -0.3 is 9.88 Å². The van der Waals surface area contributed by atoms with Crippen molar-refractivity contribution >= 4 is 33.9 Å². The molecular formula is C19H19N3O3S. The van der Waals surface area contributed by atoms with Gasteiger partial charge in [-0.25, -0.2) is 4.98 Å². The van der Waals surface area contributed by atoms with Crippen LogP contribution in [0.2, 0.25) is 0 Å². The van der Waals surface area contributed by atoms with Gasteiger partial charge in [0.25, 0.3) is 5.56 Å². The van der Waals surface area contributed by atoms with Crippen molar-refractivity contribution in [2.45, 2.75) is 26.3 Å². The maximum absolute atomic E-state index is 12.5. The Hall–Kier alpha value is -2.80. The summed E-state index contributed by atoms with van der Waals surface area (Å²) in [6, 6.07) is 10.7. The molecule has 2 heterocycles. The summed E-state index contributed by atoms with van der Waals surface area (Å²) < 4.78 is 0. The van der Waals surface area contributed by atoms with Gasteiger partial charge in [-0.2, -0.15) is 0 Å². The van der Waals surface area contributed by atoms with Crippen molar-refractivity contribution in [3.63, 3.8) is 0 Å². The fourth-order valence-corrected chi connectivity index (χ4v) is 3.40. The lowest BCUT2D eigenvalue weighted by atomic mass is 10.2. The lowest BCUT2D eigenvalue weighted by Crippen LogP contribution is -2.32. The first-order chi connectivity index (χ1) is 12.6. The first kappa shape index (κ1) is 18.0. The van der Waals surface area contributed by atoms with Crippen molar-refractivity contribution in [1.29, 1.82) is 0 Å². The number of nitrogens with one attached hydrogen (secondary N) is 1. The fourth-order valence-electron chi connectivity index (χ4n) is 2.71. The highest BCUT2D eigenvalue weighted by atomic mass is 32.1. The molecule has 0 bridgehead atoms. The lowest BCUT2D eigenvalue weighted by molar-refractivity contribution is -0.131. The van der Waals surface area contributed by atoms with Crippen molar-refractivity contribution < 1.29 is 9.59 Å². The van der Waals surface area contributed by atoms with E-state index in [2.05, 4.69) is 9.97 Å². The van der Waals surface area contributed by atoms with Gasteiger partial charge in [0.1, 0.15) is 5.82 Å². The van der Waals surface area contributed by atoms with Crippen LogP contribution in [-0.2, 0) is 11.3 Å². The molecule has 0 saturated heterocycles. The summed E-state index contributed by atoms with van der Waals surface area (Å²) in [5, 5.41) is 2.36. The molecule has 3 rings (SSSR count). The Morgan fingerprint density at radius 3 is 2.69 bits per heavy atom. The number of carbonyl (C=O) groups is 2. The Morgan fingerprint density at radius 2 is 1.96 bits per heavy atom. The van der Waals surface area contributed by atoms with Crippen LogP contribution in [0.1, 0.15) is 35.3 Å². The highest BCUT2D eigenvalue weighted by Crippen LogP contribution is 2.14. The van der Waals surface area contributed by atoms with E-state index < -0.39 is 0 Å². The van der Waals surface area contributed by atoms with Gasteiger partial charge in [-0.05, 0) is 30.5 Å². The van der Waals surface area contributed by atoms with E-state index in [-0.39, 0.29) is 36.6 Å². The summed E-state index contributed by atoms with van der Waals surface area (Å²) in [7, 11) is 0. The summed E-state index contributed by atoms with van der Waals surface area (Å²) >= 11 is 1.38. The van der Waals surface area contributed by atoms with Crippen LogP contribution in [0.4, 0.5) is 0 Å². The molecule has 0 unspecified atom stereocenters. The number of para-hydroxylation sites is 1. The van der Waals surface area contributed by atoms with Crippen molar-refractivity contribution in [2.24, 2.45) is 0 Å². The number of hydrogen-bond donors (Lipinski definition) is 1.